The Bertz CT molecular complexity index is 881. The van der Waals surface area contributed by atoms with Gasteiger partial charge in [0, 0.05) is 43.1 Å². The van der Waals surface area contributed by atoms with Crippen molar-refractivity contribution in [2.45, 2.75) is 0 Å². The predicted octanol–water partition coefficient (Wildman–Crippen LogP) is 8.66. The number of hydrogen-bond donors (Lipinski definition) is 1. The summed E-state index contributed by atoms with van der Waals surface area (Å²) >= 11 is 25.3. The van der Waals surface area contributed by atoms with E-state index < -0.39 is 0 Å². The maximum atomic E-state index is 3.68. The van der Waals surface area contributed by atoms with Gasteiger partial charge in [0.25, 0.3) is 0 Å². The first-order valence-corrected chi connectivity index (χ1v) is 10.7. The van der Waals surface area contributed by atoms with Gasteiger partial charge in [0.15, 0.2) is 0 Å². The van der Waals surface area contributed by atoms with Crippen LogP contribution >= 0.6 is 112 Å². The lowest BCUT2D eigenvalue weighted by molar-refractivity contribution is 1.48. The van der Waals surface area contributed by atoms with Crippen LogP contribution in [0.4, 0.5) is 0 Å². The van der Waals surface area contributed by atoms with E-state index in [0.717, 1.165) is 53.1 Å². The maximum Gasteiger partial charge on any atom is 0.0633 e. The number of rotatable bonds is 0. The van der Waals surface area contributed by atoms with Crippen molar-refractivity contribution in [3.63, 3.8) is 0 Å². The zero-order chi connectivity index (χ0) is 14.8. The highest BCUT2D eigenvalue weighted by molar-refractivity contribution is 9.15. The van der Waals surface area contributed by atoms with E-state index in [1.807, 2.05) is 0 Å². The summed E-state index contributed by atoms with van der Waals surface area (Å²) in [6.45, 7) is 0. The molecule has 0 bridgehead atoms. The van der Waals surface area contributed by atoms with E-state index in [0.29, 0.717) is 0 Å². The molecule has 1 N–H and O–H groups in total. The predicted molar refractivity (Wildman–Crippen MR) is 110 cm³/mol. The Morgan fingerprint density at radius 2 is 1.15 bits per heavy atom. The number of H-pyrrole nitrogens is 1. The molecule has 3 rings (SSSR count). The molecule has 104 valence electrons. The van der Waals surface area contributed by atoms with Crippen molar-refractivity contribution >= 4 is 133 Å². The van der Waals surface area contributed by atoms with Gasteiger partial charge >= 0.3 is 0 Å². The van der Waals surface area contributed by atoms with Gasteiger partial charge in [0.1, 0.15) is 0 Å². The van der Waals surface area contributed by atoms with Crippen molar-refractivity contribution in [3.8, 4) is 0 Å². The molecule has 0 atom stereocenters. The molecule has 0 saturated carbocycles. The normalized spacial score (nSPS) is 11.8. The summed E-state index contributed by atoms with van der Waals surface area (Å²) in [6.07, 6.45) is 0. The molecular formula is C12H2Br7N. The lowest BCUT2D eigenvalue weighted by atomic mass is 10.1. The van der Waals surface area contributed by atoms with Crippen LogP contribution in [0.15, 0.2) is 37.4 Å². The second kappa shape index (κ2) is 5.91. The quantitative estimate of drug-likeness (QED) is 0.177. The fraction of sp³-hybridized carbons (Fsp3) is 0. The molecule has 3 aromatic rings. The number of halogens is 7. The van der Waals surface area contributed by atoms with Gasteiger partial charge in [-0.05, 0) is 118 Å². The lowest BCUT2D eigenvalue weighted by Gasteiger charge is -2.07. The highest BCUT2D eigenvalue weighted by Gasteiger charge is 2.20. The highest BCUT2D eigenvalue weighted by atomic mass is 79.9. The standard InChI is InChI=1S/C12H2Br7N/c13-2-1-3-4(7(15)6(2)14)5-8(16)9(17)10(18)11(19)12(5)20-3/h1,20H. The van der Waals surface area contributed by atoms with Gasteiger partial charge in [-0.25, -0.2) is 0 Å². The minimum atomic E-state index is 0.970. The van der Waals surface area contributed by atoms with Gasteiger partial charge < -0.3 is 4.98 Å². The van der Waals surface area contributed by atoms with Gasteiger partial charge in [-0.15, -0.1) is 0 Å². The molecule has 0 radical (unpaired) electrons. The van der Waals surface area contributed by atoms with Crippen LogP contribution in [0, 0.1) is 0 Å². The van der Waals surface area contributed by atoms with Crippen LogP contribution in [-0.4, -0.2) is 4.98 Å². The monoisotopic (exact) mass is 712 g/mol. The van der Waals surface area contributed by atoms with Crippen molar-refractivity contribution in [1.82, 2.24) is 4.98 Å². The van der Waals surface area contributed by atoms with Crippen LogP contribution < -0.4 is 0 Å². The Labute approximate surface area is 173 Å². The summed E-state index contributed by atoms with van der Waals surface area (Å²) in [6, 6.07) is 2.06. The minimum Gasteiger partial charge on any atom is -0.353 e. The van der Waals surface area contributed by atoms with Crippen molar-refractivity contribution in [2.24, 2.45) is 0 Å². The molecule has 0 fully saturated rings. The van der Waals surface area contributed by atoms with E-state index in [4.69, 9.17) is 0 Å². The molecule has 1 heterocycles. The Kier molecular flexibility index (Phi) is 4.86. The molecule has 0 aliphatic heterocycles. The zero-order valence-corrected chi connectivity index (χ0v) is 20.3. The number of fused-ring (bicyclic) bond motifs is 3. The largest absolute Gasteiger partial charge is 0.353 e. The number of aromatic amines is 1. The molecule has 8 heteroatoms. The molecule has 1 aromatic heterocycles. The molecule has 20 heavy (non-hydrogen) atoms. The lowest BCUT2D eigenvalue weighted by Crippen LogP contribution is -1.81. The van der Waals surface area contributed by atoms with Crippen molar-refractivity contribution in [2.75, 3.05) is 0 Å². The van der Waals surface area contributed by atoms with E-state index in [-0.39, 0.29) is 0 Å². The first-order chi connectivity index (χ1) is 9.34. The average Bonchev–Trinajstić information content (AvgIpc) is 2.79. The average molecular weight is 719 g/mol. The number of nitrogens with one attached hydrogen (secondary N) is 1. The highest BCUT2D eigenvalue weighted by Crippen LogP contribution is 2.49. The second-order valence-corrected chi connectivity index (χ2v) is 9.65. The molecule has 0 saturated heterocycles. The van der Waals surface area contributed by atoms with Crippen molar-refractivity contribution in [3.05, 3.63) is 37.4 Å². The number of benzene rings is 2. The molecule has 0 amide bonds. The summed E-state index contributed by atoms with van der Waals surface area (Å²) in [5.74, 6) is 0. The first kappa shape index (κ1) is 16.5. The van der Waals surface area contributed by atoms with Gasteiger partial charge in [0.2, 0.25) is 0 Å². The SMILES string of the molecule is Brc1cc2[nH]c3c(Br)c(Br)c(Br)c(Br)c3c2c(Br)c1Br. The third-order valence-corrected chi connectivity index (χ3v) is 11.0. The first-order valence-electron chi connectivity index (χ1n) is 5.15. The summed E-state index contributed by atoms with van der Waals surface area (Å²) < 4.78 is 6.93. The molecule has 0 aliphatic rings. The van der Waals surface area contributed by atoms with E-state index in [9.17, 15) is 0 Å². The Morgan fingerprint density at radius 1 is 0.600 bits per heavy atom. The minimum absolute atomic E-state index is 0.970. The third-order valence-electron chi connectivity index (χ3n) is 2.94. The van der Waals surface area contributed by atoms with Gasteiger partial charge in [-0.3, -0.25) is 0 Å². The summed E-state index contributed by atoms with van der Waals surface area (Å²) in [7, 11) is 0. The van der Waals surface area contributed by atoms with Crippen molar-refractivity contribution < 1.29 is 0 Å². The fourth-order valence-corrected chi connectivity index (χ4v) is 6.10. The fourth-order valence-electron chi connectivity index (χ4n) is 2.06. The number of aromatic nitrogens is 1. The Morgan fingerprint density at radius 3 is 1.80 bits per heavy atom. The van der Waals surface area contributed by atoms with E-state index >= 15 is 0 Å². The summed E-state index contributed by atoms with van der Waals surface area (Å²) in [4.78, 5) is 3.46. The van der Waals surface area contributed by atoms with Crippen LogP contribution in [0.2, 0.25) is 0 Å². The van der Waals surface area contributed by atoms with Crippen LogP contribution in [0.5, 0.6) is 0 Å². The van der Waals surface area contributed by atoms with Crippen LogP contribution in [0.25, 0.3) is 21.8 Å². The zero-order valence-electron chi connectivity index (χ0n) is 9.22. The van der Waals surface area contributed by atoms with E-state index in [1.54, 1.807) is 0 Å². The van der Waals surface area contributed by atoms with Gasteiger partial charge in [-0.1, -0.05) is 0 Å². The Hall–Kier alpha value is 1.60. The van der Waals surface area contributed by atoms with Crippen LogP contribution in [-0.2, 0) is 0 Å². The molecule has 0 aliphatic carbocycles. The van der Waals surface area contributed by atoms with E-state index in [2.05, 4.69) is 123 Å². The molecule has 0 spiro atoms. The summed E-state index contributed by atoms with van der Waals surface area (Å²) in [5, 5.41) is 2.23. The van der Waals surface area contributed by atoms with Crippen molar-refractivity contribution in [1.29, 1.82) is 0 Å². The van der Waals surface area contributed by atoms with E-state index in [1.165, 1.54) is 0 Å². The maximum absolute atomic E-state index is 3.68. The number of hydrogen-bond acceptors (Lipinski definition) is 0. The molecule has 2 aromatic carbocycles. The molecular weight excluding hydrogens is 717 g/mol. The topological polar surface area (TPSA) is 15.8 Å². The Balaban J connectivity index is 2.69. The van der Waals surface area contributed by atoms with Crippen LogP contribution in [0.3, 0.4) is 0 Å². The van der Waals surface area contributed by atoms with Gasteiger partial charge in [-0.2, -0.15) is 0 Å². The second-order valence-electron chi connectivity index (χ2n) is 4.04. The molecule has 0 unspecified atom stereocenters. The van der Waals surface area contributed by atoms with Crippen LogP contribution in [0.1, 0.15) is 0 Å². The van der Waals surface area contributed by atoms with Gasteiger partial charge in [0.05, 0.1) is 9.99 Å². The summed E-state index contributed by atoms with van der Waals surface area (Å²) in [5.41, 5.74) is 2.08. The third kappa shape index (κ3) is 2.36. The smallest absolute Gasteiger partial charge is 0.0633 e. The molecule has 1 nitrogen and oxygen atoms in total.